The van der Waals surface area contributed by atoms with Crippen molar-refractivity contribution in [2.45, 2.75) is 0 Å². The van der Waals surface area contributed by atoms with Crippen molar-refractivity contribution in [1.82, 2.24) is 20.1 Å². The van der Waals surface area contributed by atoms with Gasteiger partial charge in [0.15, 0.2) is 0 Å². The molecule has 30 heavy (non-hydrogen) atoms. The van der Waals surface area contributed by atoms with E-state index < -0.39 is 0 Å². The monoisotopic (exact) mass is 397 g/mol. The van der Waals surface area contributed by atoms with Crippen LogP contribution in [0.4, 0.5) is 5.69 Å². The fourth-order valence-corrected chi connectivity index (χ4v) is 3.02. The fraction of sp³-hybridized carbons (Fsp3) is 0.0435. The third kappa shape index (κ3) is 3.95. The zero-order chi connectivity index (χ0) is 20.9. The van der Waals surface area contributed by atoms with E-state index in [0.29, 0.717) is 22.5 Å². The summed E-state index contributed by atoms with van der Waals surface area (Å²) < 4.78 is 1.67. The molecule has 0 bridgehead atoms. The maximum absolute atomic E-state index is 13.1. The molecule has 7 nitrogen and oxygen atoms in total. The lowest BCUT2D eigenvalue weighted by atomic mass is 10.1. The fourth-order valence-electron chi connectivity index (χ4n) is 3.02. The summed E-state index contributed by atoms with van der Waals surface area (Å²) in [6.07, 6.45) is 5.05. The van der Waals surface area contributed by atoms with Crippen molar-refractivity contribution in [3.05, 3.63) is 96.4 Å². The van der Waals surface area contributed by atoms with Crippen LogP contribution < -0.4 is 10.6 Å². The summed E-state index contributed by atoms with van der Waals surface area (Å²) in [5, 5.41) is 10.1. The maximum Gasteiger partial charge on any atom is 0.259 e. The lowest BCUT2D eigenvalue weighted by molar-refractivity contribution is 0.0962. The van der Waals surface area contributed by atoms with Crippen molar-refractivity contribution in [2.75, 3.05) is 12.4 Å². The molecule has 4 aromatic rings. The number of aromatic nitrogens is 3. The van der Waals surface area contributed by atoms with Crippen LogP contribution in [-0.2, 0) is 0 Å². The van der Waals surface area contributed by atoms with E-state index in [1.165, 1.54) is 0 Å². The van der Waals surface area contributed by atoms with E-state index in [9.17, 15) is 9.59 Å². The quantitative estimate of drug-likeness (QED) is 0.539. The lowest BCUT2D eigenvalue weighted by Gasteiger charge is -2.06. The van der Waals surface area contributed by atoms with Crippen LogP contribution in [0, 0.1) is 0 Å². The van der Waals surface area contributed by atoms with Gasteiger partial charge < -0.3 is 10.6 Å². The Morgan fingerprint density at radius 3 is 2.33 bits per heavy atom. The molecule has 0 saturated heterocycles. The molecule has 0 unspecified atom stereocenters. The number of nitrogens with zero attached hydrogens (tertiary/aromatic N) is 3. The van der Waals surface area contributed by atoms with Gasteiger partial charge in [-0.1, -0.05) is 18.2 Å². The van der Waals surface area contributed by atoms with Crippen LogP contribution >= 0.6 is 0 Å². The largest absolute Gasteiger partial charge is 0.355 e. The van der Waals surface area contributed by atoms with Crippen molar-refractivity contribution in [3.63, 3.8) is 0 Å². The average Bonchev–Trinajstić information content (AvgIpc) is 3.26. The highest BCUT2D eigenvalue weighted by Gasteiger charge is 2.19. The molecule has 4 rings (SSSR count). The van der Waals surface area contributed by atoms with Crippen molar-refractivity contribution in [1.29, 1.82) is 0 Å². The molecule has 2 aromatic heterocycles. The van der Waals surface area contributed by atoms with Crippen LogP contribution in [0.3, 0.4) is 0 Å². The van der Waals surface area contributed by atoms with Gasteiger partial charge in [-0.2, -0.15) is 5.10 Å². The Balaban J connectivity index is 1.67. The summed E-state index contributed by atoms with van der Waals surface area (Å²) in [6.45, 7) is 0. The summed E-state index contributed by atoms with van der Waals surface area (Å²) in [5.74, 6) is -0.486. The van der Waals surface area contributed by atoms with Gasteiger partial charge in [0.05, 0.1) is 11.3 Å². The maximum atomic E-state index is 13.1. The van der Waals surface area contributed by atoms with E-state index in [0.717, 1.165) is 11.3 Å². The number of carbonyl (C=O) groups excluding carboxylic acids is 2. The van der Waals surface area contributed by atoms with E-state index in [-0.39, 0.29) is 11.8 Å². The van der Waals surface area contributed by atoms with Crippen LogP contribution in [0.2, 0.25) is 0 Å². The van der Waals surface area contributed by atoms with E-state index in [1.807, 2.05) is 36.4 Å². The number of para-hydroxylation sites is 1. The number of rotatable bonds is 5. The molecule has 0 aliphatic rings. The van der Waals surface area contributed by atoms with E-state index in [2.05, 4.69) is 20.7 Å². The van der Waals surface area contributed by atoms with Crippen LogP contribution in [0.5, 0.6) is 0 Å². The Morgan fingerprint density at radius 2 is 1.67 bits per heavy atom. The van der Waals surface area contributed by atoms with Gasteiger partial charge in [-0.05, 0) is 48.5 Å². The normalized spacial score (nSPS) is 10.4. The Bertz CT molecular complexity index is 1170. The zero-order valence-electron chi connectivity index (χ0n) is 16.2. The smallest absolute Gasteiger partial charge is 0.259 e. The predicted octanol–water partition coefficient (Wildman–Crippen LogP) is 3.55. The number of hydrogen-bond acceptors (Lipinski definition) is 4. The molecule has 2 amide bonds. The highest BCUT2D eigenvalue weighted by molar-refractivity contribution is 6.08. The molecule has 148 valence electrons. The van der Waals surface area contributed by atoms with Crippen LogP contribution in [0.15, 0.2) is 85.3 Å². The molecule has 2 aromatic carbocycles. The van der Waals surface area contributed by atoms with Crippen LogP contribution in [0.1, 0.15) is 20.7 Å². The Kier molecular flexibility index (Phi) is 5.34. The second kappa shape index (κ2) is 8.40. The number of hydrogen-bond donors (Lipinski definition) is 2. The molecule has 0 fully saturated rings. The zero-order valence-corrected chi connectivity index (χ0v) is 16.2. The minimum Gasteiger partial charge on any atom is -0.355 e. The molecule has 0 saturated carbocycles. The van der Waals surface area contributed by atoms with Gasteiger partial charge in [-0.15, -0.1) is 0 Å². The molecular weight excluding hydrogens is 378 g/mol. The predicted molar refractivity (Wildman–Crippen MR) is 115 cm³/mol. The molecule has 2 N–H and O–H groups in total. The summed E-state index contributed by atoms with van der Waals surface area (Å²) in [4.78, 5) is 28.9. The first-order valence-electron chi connectivity index (χ1n) is 9.34. The molecule has 0 radical (unpaired) electrons. The molecule has 0 aliphatic carbocycles. The Morgan fingerprint density at radius 1 is 0.900 bits per heavy atom. The molecule has 7 heteroatoms. The van der Waals surface area contributed by atoms with Gasteiger partial charge in [0, 0.05) is 42.5 Å². The third-order valence-electron chi connectivity index (χ3n) is 4.55. The highest BCUT2D eigenvalue weighted by atomic mass is 16.2. The van der Waals surface area contributed by atoms with Crippen molar-refractivity contribution >= 4 is 17.5 Å². The van der Waals surface area contributed by atoms with E-state index in [4.69, 9.17) is 0 Å². The van der Waals surface area contributed by atoms with Crippen molar-refractivity contribution in [3.8, 4) is 16.9 Å². The minimum absolute atomic E-state index is 0.184. The topological polar surface area (TPSA) is 88.9 Å². The third-order valence-corrected chi connectivity index (χ3v) is 4.55. The number of carbonyl (C=O) groups is 2. The van der Waals surface area contributed by atoms with Crippen LogP contribution in [0.25, 0.3) is 16.9 Å². The molecule has 0 atom stereocenters. The summed E-state index contributed by atoms with van der Waals surface area (Å²) in [6, 6.07) is 19.9. The lowest BCUT2D eigenvalue weighted by Crippen LogP contribution is -2.18. The van der Waals surface area contributed by atoms with Gasteiger partial charge in [-0.3, -0.25) is 14.6 Å². The number of amides is 2. The second-order valence-corrected chi connectivity index (χ2v) is 6.52. The van der Waals surface area contributed by atoms with Crippen molar-refractivity contribution in [2.24, 2.45) is 0 Å². The van der Waals surface area contributed by atoms with Gasteiger partial charge in [0.25, 0.3) is 11.8 Å². The van der Waals surface area contributed by atoms with E-state index in [1.54, 1.807) is 60.7 Å². The second-order valence-electron chi connectivity index (χ2n) is 6.52. The summed E-state index contributed by atoms with van der Waals surface area (Å²) >= 11 is 0. The Hall–Kier alpha value is -4.26. The summed E-state index contributed by atoms with van der Waals surface area (Å²) in [7, 11) is 1.57. The number of nitrogens with one attached hydrogen (secondary N) is 2. The standard InChI is InChI=1S/C23H19N5O2/c1-24-22(29)16-9-11-18(12-10-16)26-23(30)20-15-28(19-7-3-2-4-8-19)27-21(20)17-6-5-13-25-14-17/h2-15H,1H3,(H,24,29)(H,26,30). The number of pyridine rings is 1. The first kappa shape index (κ1) is 19.1. The SMILES string of the molecule is CNC(=O)c1ccc(NC(=O)c2cn(-c3ccccc3)nc2-c2cccnc2)cc1. The molecular formula is C23H19N5O2. The molecule has 0 aliphatic heterocycles. The van der Waals surface area contributed by atoms with Crippen LogP contribution in [-0.4, -0.2) is 33.6 Å². The van der Waals surface area contributed by atoms with Gasteiger partial charge in [-0.25, -0.2) is 4.68 Å². The van der Waals surface area contributed by atoms with Gasteiger partial charge in [0.1, 0.15) is 5.69 Å². The number of anilines is 1. The van der Waals surface area contributed by atoms with Gasteiger partial charge >= 0.3 is 0 Å². The first-order valence-corrected chi connectivity index (χ1v) is 9.34. The van der Waals surface area contributed by atoms with Gasteiger partial charge in [0.2, 0.25) is 0 Å². The van der Waals surface area contributed by atoms with E-state index >= 15 is 0 Å². The summed E-state index contributed by atoms with van der Waals surface area (Å²) in [5.41, 5.74) is 3.64. The Labute approximate surface area is 173 Å². The number of benzene rings is 2. The van der Waals surface area contributed by atoms with Crippen molar-refractivity contribution < 1.29 is 9.59 Å². The first-order chi connectivity index (χ1) is 14.7. The average molecular weight is 397 g/mol. The minimum atomic E-state index is -0.302. The highest BCUT2D eigenvalue weighted by Crippen LogP contribution is 2.24. The molecule has 2 heterocycles. The molecule has 0 spiro atoms.